The molecule has 0 unspecified atom stereocenters. The van der Waals surface area contributed by atoms with Crippen LogP contribution in [0.4, 0.5) is 0 Å². The first-order valence-corrected chi connectivity index (χ1v) is 3.10. The van der Waals surface area contributed by atoms with Crippen molar-refractivity contribution in [1.82, 2.24) is 0 Å². The van der Waals surface area contributed by atoms with Gasteiger partial charge in [-0.15, -0.1) is 0 Å². The van der Waals surface area contributed by atoms with Gasteiger partial charge in [0, 0.05) is 11.3 Å². The van der Waals surface area contributed by atoms with Crippen molar-refractivity contribution >= 4 is 0 Å². The van der Waals surface area contributed by atoms with Gasteiger partial charge in [-0.25, -0.2) is 0 Å². The zero-order valence-electron chi connectivity index (χ0n) is 5.93. The van der Waals surface area contributed by atoms with E-state index in [1.165, 1.54) is 0 Å². The van der Waals surface area contributed by atoms with Crippen LogP contribution < -0.4 is 0 Å². The molecule has 6 nitrogen and oxygen atoms in total. The summed E-state index contributed by atoms with van der Waals surface area (Å²) in [6.07, 6.45) is -0.243. The molecule has 0 saturated heterocycles. The second kappa shape index (κ2) is 4.22. The molecule has 6 heteroatoms. The Hall–Kier alpha value is -0.720. The third-order valence-corrected chi connectivity index (χ3v) is 1.55. The van der Waals surface area contributed by atoms with Crippen LogP contribution in [0.25, 0.3) is 0 Å². The summed E-state index contributed by atoms with van der Waals surface area (Å²) in [5.74, 6) is 0. The van der Waals surface area contributed by atoms with Gasteiger partial charge in [-0.05, 0) is 0 Å². The van der Waals surface area contributed by atoms with Gasteiger partial charge in [-0.2, -0.15) is 0 Å². The Kier molecular flexibility index (Phi) is 3.94. The molecule has 0 saturated carbocycles. The molecule has 0 heterocycles. The summed E-state index contributed by atoms with van der Waals surface area (Å²) in [6, 6.07) is 0. The highest BCUT2D eigenvalue weighted by Gasteiger charge is 2.40. The van der Waals surface area contributed by atoms with Crippen LogP contribution in [0.15, 0.2) is 0 Å². The standard InChI is InChI=1S/C5H11NO5/c7-2-1-5(3-8,4-9)6(10)11/h7-9H,1-4H2. The Bertz CT molecular complexity index is 133. The molecule has 66 valence electrons. The molecule has 0 aliphatic heterocycles. The number of aliphatic hydroxyl groups excluding tert-OH is 3. The average Bonchev–Trinajstić information content (AvgIpc) is 2.00. The third kappa shape index (κ3) is 2.11. The number of hydrogen-bond donors (Lipinski definition) is 3. The molecular weight excluding hydrogens is 154 g/mol. The normalized spacial score (nSPS) is 11.5. The lowest BCUT2D eigenvalue weighted by atomic mass is 9.99. The van der Waals surface area contributed by atoms with Crippen LogP contribution in [0.3, 0.4) is 0 Å². The van der Waals surface area contributed by atoms with E-state index in [1.807, 2.05) is 0 Å². The fraction of sp³-hybridized carbons (Fsp3) is 1.00. The van der Waals surface area contributed by atoms with Crippen molar-refractivity contribution in [1.29, 1.82) is 0 Å². The highest BCUT2D eigenvalue weighted by molar-refractivity contribution is 4.76. The predicted octanol–water partition coefficient (Wildman–Crippen LogP) is -1.63. The maximum atomic E-state index is 10.2. The molecule has 0 aliphatic rings. The summed E-state index contributed by atoms with van der Waals surface area (Å²) in [5.41, 5.74) is -1.78. The van der Waals surface area contributed by atoms with E-state index in [9.17, 15) is 10.1 Å². The average molecular weight is 165 g/mol. The fourth-order valence-electron chi connectivity index (χ4n) is 0.623. The van der Waals surface area contributed by atoms with E-state index in [0.29, 0.717) is 0 Å². The molecular formula is C5H11NO5. The zero-order valence-corrected chi connectivity index (χ0v) is 5.93. The Morgan fingerprint density at radius 1 is 1.27 bits per heavy atom. The lowest BCUT2D eigenvalue weighted by molar-refractivity contribution is -0.578. The van der Waals surface area contributed by atoms with E-state index >= 15 is 0 Å². The van der Waals surface area contributed by atoms with Crippen molar-refractivity contribution < 1.29 is 20.2 Å². The number of aliphatic hydroxyl groups is 3. The topological polar surface area (TPSA) is 104 Å². The van der Waals surface area contributed by atoms with E-state index in [-0.39, 0.29) is 6.42 Å². The molecule has 0 atom stereocenters. The minimum Gasteiger partial charge on any atom is -0.396 e. The zero-order chi connectivity index (χ0) is 8.91. The van der Waals surface area contributed by atoms with Crippen molar-refractivity contribution in [2.45, 2.75) is 12.0 Å². The highest BCUT2D eigenvalue weighted by Crippen LogP contribution is 2.12. The summed E-state index contributed by atoms with van der Waals surface area (Å²) < 4.78 is 0. The summed E-state index contributed by atoms with van der Waals surface area (Å²) in [6.45, 7) is -1.96. The minimum absolute atomic E-state index is 0.243. The Balaban J connectivity index is 4.32. The number of nitrogens with zero attached hydrogens (tertiary/aromatic N) is 1. The van der Waals surface area contributed by atoms with Gasteiger partial charge in [-0.1, -0.05) is 0 Å². The van der Waals surface area contributed by atoms with Crippen LogP contribution in [-0.2, 0) is 0 Å². The molecule has 0 amide bonds. The van der Waals surface area contributed by atoms with Crippen LogP contribution in [0.5, 0.6) is 0 Å². The number of hydrogen-bond acceptors (Lipinski definition) is 5. The number of nitro groups is 1. The van der Waals surface area contributed by atoms with Crippen molar-refractivity contribution in [2.24, 2.45) is 0 Å². The van der Waals surface area contributed by atoms with Gasteiger partial charge >= 0.3 is 0 Å². The van der Waals surface area contributed by atoms with Gasteiger partial charge in [0.15, 0.2) is 0 Å². The summed E-state index contributed by atoms with van der Waals surface area (Å²) >= 11 is 0. The van der Waals surface area contributed by atoms with Gasteiger partial charge in [0.25, 0.3) is 5.54 Å². The van der Waals surface area contributed by atoms with Crippen molar-refractivity contribution in [3.63, 3.8) is 0 Å². The van der Waals surface area contributed by atoms with Crippen molar-refractivity contribution in [3.05, 3.63) is 10.1 Å². The Labute approximate surface area is 63.2 Å². The quantitative estimate of drug-likeness (QED) is 0.335. The molecule has 0 aromatic heterocycles. The second-order valence-electron chi connectivity index (χ2n) is 2.27. The Morgan fingerprint density at radius 2 is 1.73 bits per heavy atom. The third-order valence-electron chi connectivity index (χ3n) is 1.55. The first kappa shape index (κ1) is 10.3. The molecule has 0 radical (unpaired) electrons. The largest absolute Gasteiger partial charge is 0.396 e. The smallest absolute Gasteiger partial charge is 0.269 e. The molecule has 0 spiro atoms. The molecule has 0 aromatic carbocycles. The van der Waals surface area contributed by atoms with Crippen molar-refractivity contribution in [3.8, 4) is 0 Å². The maximum Gasteiger partial charge on any atom is 0.269 e. The first-order chi connectivity index (χ1) is 5.13. The van der Waals surface area contributed by atoms with E-state index < -0.39 is 30.3 Å². The fourth-order valence-corrected chi connectivity index (χ4v) is 0.623. The Morgan fingerprint density at radius 3 is 1.82 bits per heavy atom. The molecule has 0 aromatic rings. The first-order valence-electron chi connectivity index (χ1n) is 3.10. The second-order valence-corrected chi connectivity index (χ2v) is 2.27. The molecule has 0 bridgehead atoms. The summed E-state index contributed by atoms with van der Waals surface area (Å²) in [7, 11) is 0. The van der Waals surface area contributed by atoms with E-state index in [1.54, 1.807) is 0 Å². The van der Waals surface area contributed by atoms with Crippen LogP contribution in [0, 0.1) is 10.1 Å². The summed E-state index contributed by atoms with van der Waals surface area (Å²) in [4.78, 5) is 9.47. The molecule has 0 fully saturated rings. The van der Waals surface area contributed by atoms with Crippen LogP contribution in [0.1, 0.15) is 6.42 Å². The molecule has 11 heavy (non-hydrogen) atoms. The van der Waals surface area contributed by atoms with Gasteiger partial charge < -0.3 is 15.3 Å². The predicted molar refractivity (Wildman–Crippen MR) is 35.6 cm³/mol. The summed E-state index contributed by atoms with van der Waals surface area (Å²) in [5, 5.41) is 35.8. The molecule has 0 rings (SSSR count). The van der Waals surface area contributed by atoms with Crippen LogP contribution >= 0.6 is 0 Å². The van der Waals surface area contributed by atoms with Gasteiger partial charge in [0.05, 0.1) is 6.61 Å². The van der Waals surface area contributed by atoms with Gasteiger partial charge in [0.2, 0.25) is 0 Å². The lowest BCUT2D eigenvalue weighted by Crippen LogP contribution is -2.46. The van der Waals surface area contributed by atoms with E-state index in [2.05, 4.69) is 0 Å². The van der Waals surface area contributed by atoms with Gasteiger partial charge in [-0.3, -0.25) is 10.1 Å². The van der Waals surface area contributed by atoms with Gasteiger partial charge in [0.1, 0.15) is 13.2 Å². The maximum absolute atomic E-state index is 10.2. The molecule has 3 N–H and O–H groups in total. The van der Waals surface area contributed by atoms with Crippen molar-refractivity contribution in [2.75, 3.05) is 19.8 Å². The SMILES string of the molecule is O=[N+]([O-])C(CO)(CO)CCO. The number of rotatable bonds is 5. The van der Waals surface area contributed by atoms with Crippen LogP contribution in [0.2, 0.25) is 0 Å². The van der Waals surface area contributed by atoms with E-state index in [0.717, 1.165) is 0 Å². The minimum atomic E-state index is -1.78. The molecule has 0 aliphatic carbocycles. The highest BCUT2D eigenvalue weighted by atomic mass is 16.6. The monoisotopic (exact) mass is 165 g/mol. The lowest BCUT2D eigenvalue weighted by Gasteiger charge is -2.18. The van der Waals surface area contributed by atoms with Crippen LogP contribution in [-0.4, -0.2) is 45.6 Å². The van der Waals surface area contributed by atoms with E-state index in [4.69, 9.17) is 15.3 Å².